The average Bonchev–Trinajstić information content (AvgIpc) is 2.40. The molecule has 4 heteroatoms. The second kappa shape index (κ2) is 6.08. The molecule has 0 saturated heterocycles. The molecule has 1 saturated carbocycles. The van der Waals surface area contributed by atoms with Crippen molar-refractivity contribution in [2.24, 2.45) is 5.92 Å². The van der Waals surface area contributed by atoms with Gasteiger partial charge in [0.1, 0.15) is 15.6 Å². The van der Waals surface area contributed by atoms with Crippen LogP contribution in [0.3, 0.4) is 0 Å². The largest absolute Gasteiger partial charge is 0.299 e. The van der Waals surface area contributed by atoms with Crippen LogP contribution in [-0.4, -0.2) is 25.7 Å². The molecule has 1 fully saturated rings. The van der Waals surface area contributed by atoms with Gasteiger partial charge in [0.2, 0.25) is 0 Å². The molecule has 0 aliphatic heterocycles. The first-order valence-electron chi connectivity index (χ1n) is 7.14. The summed E-state index contributed by atoms with van der Waals surface area (Å²) in [4.78, 5) is 12.4. The molecule has 2 rings (SSSR count). The van der Waals surface area contributed by atoms with E-state index < -0.39 is 9.84 Å². The third-order valence-electron chi connectivity index (χ3n) is 4.31. The van der Waals surface area contributed by atoms with E-state index in [0.717, 1.165) is 24.0 Å². The number of hydrogen-bond donors (Lipinski definition) is 0. The first-order valence-corrected chi connectivity index (χ1v) is 9.09. The lowest BCUT2D eigenvalue weighted by Gasteiger charge is -2.27. The van der Waals surface area contributed by atoms with Gasteiger partial charge in [0.25, 0.3) is 0 Å². The van der Waals surface area contributed by atoms with Crippen LogP contribution in [-0.2, 0) is 21.1 Å². The Morgan fingerprint density at radius 3 is 2.60 bits per heavy atom. The molecule has 0 amide bonds. The van der Waals surface area contributed by atoms with Gasteiger partial charge in [-0.15, -0.1) is 0 Å². The normalized spacial score (nSPS) is 23.5. The highest BCUT2D eigenvalue weighted by Gasteiger charge is 2.32. The van der Waals surface area contributed by atoms with Crippen LogP contribution >= 0.6 is 0 Å². The number of hydrogen-bond acceptors (Lipinski definition) is 3. The average molecular weight is 294 g/mol. The Balaban J connectivity index is 2.04. The molecule has 1 aromatic carbocycles. The van der Waals surface area contributed by atoms with Gasteiger partial charge in [-0.1, -0.05) is 30.7 Å². The topological polar surface area (TPSA) is 51.2 Å². The Hall–Kier alpha value is -1.16. The van der Waals surface area contributed by atoms with E-state index in [9.17, 15) is 13.2 Å². The van der Waals surface area contributed by atoms with Crippen LogP contribution in [0.2, 0.25) is 0 Å². The van der Waals surface area contributed by atoms with E-state index in [0.29, 0.717) is 19.3 Å². The number of Topliss-reactive ketones (excluding diaryl/α,β-unsaturated/α-hetero) is 1. The van der Waals surface area contributed by atoms with Crippen molar-refractivity contribution in [1.82, 2.24) is 0 Å². The van der Waals surface area contributed by atoms with Gasteiger partial charge in [-0.3, -0.25) is 4.79 Å². The lowest BCUT2D eigenvalue weighted by Crippen LogP contribution is -2.31. The predicted octanol–water partition coefficient (Wildman–Crippen LogP) is 2.71. The zero-order valence-corrected chi connectivity index (χ0v) is 12.9. The molecule has 1 aliphatic carbocycles. The summed E-state index contributed by atoms with van der Waals surface area (Å²) in [6.45, 7) is 2.00. The van der Waals surface area contributed by atoms with Gasteiger partial charge < -0.3 is 0 Å². The summed E-state index contributed by atoms with van der Waals surface area (Å²) in [5.74, 6) is 0.0933. The van der Waals surface area contributed by atoms with E-state index in [4.69, 9.17) is 0 Å². The Labute approximate surface area is 121 Å². The molecule has 0 radical (unpaired) electrons. The standard InChI is InChI=1S/C16H22O3S/c1-12-6-3-4-7-13(12)11-16(17)14-8-5-9-15(10-14)20(2,18)19/h3-4,6-7,14-15H,5,8-11H2,1-2H3. The van der Waals surface area contributed by atoms with Crippen molar-refractivity contribution >= 4 is 15.6 Å². The molecule has 2 unspecified atom stereocenters. The van der Waals surface area contributed by atoms with Crippen molar-refractivity contribution in [2.45, 2.75) is 44.3 Å². The van der Waals surface area contributed by atoms with E-state index in [-0.39, 0.29) is 17.0 Å². The predicted molar refractivity (Wildman–Crippen MR) is 80.5 cm³/mol. The van der Waals surface area contributed by atoms with Crippen molar-refractivity contribution in [3.05, 3.63) is 35.4 Å². The molecule has 2 atom stereocenters. The number of rotatable bonds is 4. The van der Waals surface area contributed by atoms with E-state index in [1.807, 2.05) is 31.2 Å². The lowest BCUT2D eigenvalue weighted by atomic mass is 9.83. The summed E-state index contributed by atoms with van der Waals surface area (Å²) in [5, 5.41) is -0.331. The summed E-state index contributed by atoms with van der Waals surface area (Å²) in [6, 6.07) is 7.88. The summed E-state index contributed by atoms with van der Waals surface area (Å²) in [6.07, 6.45) is 4.58. The Kier molecular flexibility index (Phi) is 4.63. The monoisotopic (exact) mass is 294 g/mol. The molecule has 1 aromatic rings. The maximum Gasteiger partial charge on any atom is 0.150 e. The minimum absolute atomic E-state index is 0.0944. The van der Waals surface area contributed by atoms with Crippen LogP contribution in [0.25, 0.3) is 0 Å². The van der Waals surface area contributed by atoms with Gasteiger partial charge in [0, 0.05) is 18.6 Å². The van der Waals surface area contributed by atoms with E-state index in [1.54, 1.807) is 0 Å². The van der Waals surface area contributed by atoms with Crippen molar-refractivity contribution in [2.75, 3.05) is 6.26 Å². The Bertz CT molecular complexity index is 589. The molecular weight excluding hydrogens is 272 g/mol. The van der Waals surface area contributed by atoms with E-state index in [1.165, 1.54) is 6.26 Å². The van der Waals surface area contributed by atoms with Crippen molar-refractivity contribution < 1.29 is 13.2 Å². The lowest BCUT2D eigenvalue weighted by molar-refractivity contribution is -0.123. The third-order valence-corrected chi connectivity index (χ3v) is 5.95. The quantitative estimate of drug-likeness (QED) is 0.858. The number of ketones is 1. The maximum absolute atomic E-state index is 12.4. The fourth-order valence-corrected chi connectivity index (χ4v) is 4.14. The minimum atomic E-state index is -3.03. The number of carbonyl (C=O) groups excluding carboxylic acids is 1. The molecule has 20 heavy (non-hydrogen) atoms. The molecule has 0 aromatic heterocycles. The molecule has 1 aliphatic rings. The molecule has 0 heterocycles. The zero-order chi connectivity index (χ0) is 14.8. The number of aryl methyl sites for hydroxylation is 1. The molecule has 0 spiro atoms. The first-order chi connectivity index (χ1) is 9.38. The van der Waals surface area contributed by atoms with Gasteiger partial charge in [0.15, 0.2) is 0 Å². The minimum Gasteiger partial charge on any atom is -0.299 e. The first kappa shape index (κ1) is 15.2. The van der Waals surface area contributed by atoms with Crippen LogP contribution in [0.4, 0.5) is 0 Å². The molecule has 3 nitrogen and oxygen atoms in total. The molecule has 0 bridgehead atoms. The van der Waals surface area contributed by atoms with Crippen LogP contribution in [0, 0.1) is 12.8 Å². The van der Waals surface area contributed by atoms with Gasteiger partial charge in [-0.05, 0) is 37.3 Å². The highest BCUT2D eigenvalue weighted by atomic mass is 32.2. The summed E-state index contributed by atoms with van der Waals surface area (Å²) in [7, 11) is -3.03. The van der Waals surface area contributed by atoms with Gasteiger partial charge in [-0.2, -0.15) is 0 Å². The highest BCUT2D eigenvalue weighted by Crippen LogP contribution is 2.30. The van der Waals surface area contributed by atoms with Crippen LogP contribution < -0.4 is 0 Å². The summed E-state index contributed by atoms with van der Waals surface area (Å²) < 4.78 is 23.3. The van der Waals surface area contributed by atoms with E-state index >= 15 is 0 Å². The van der Waals surface area contributed by atoms with Crippen molar-refractivity contribution in [1.29, 1.82) is 0 Å². The van der Waals surface area contributed by atoms with E-state index in [2.05, 4.69) is 0 Å². The number of benzene rings is 1. The fourth-order valence-electron chi connectivity index (χ4n) is 2.97. The van der Waals surface area contributed by atoms with Crippen molar-refractivity contribution in [3.8, 4) is 0 Å². The molecule has 110 valence electrons. The number of sulfone groups is 1. The van der Waals surface area contributed by atoms with Crippen LogP contribution in [0.5, 0.6) is 0 Å². The second-order valence-electron chi connectivity index (χ2n) is 5.88. The van der Waals surface area contributed by atoms with Gasteiger partial charge in [-0.25, -0.2) is 8.42 Å². The van der Waals surface area contributed by atoms with Gasteiger partial charge >= 0.3 is 0 Å². The van der Waals surface area contributed by atoms with Crippen LogP contribution in [0.1, 0.15) is 36.8 Å². The molecular formula is C16H22O3S. The number of carbonyl (C=O) groups is 1. The smallest absolute Gasteiger partial charge is 0.150 e. The van der Waals surface area contributed by atoms with Crippen molar-refractivity contribution in [3.63, 3.8) is 0 Å². The SMILES string of the molecule is Cc1ccccc1CC(=O)C1CCCC(S(C)(=O)=O)C1. The van der Waals surface area contributed by atoms with Crippen LogP contribution in [0.15, 0.2) is 24.3 Å². The summed E-state index contributed by atoms with van der Waals surface area (Å²) >= 11 is 0. The second-order valence-corrected chi connectivity index (χ2v) is 8.21. The fraction of sp³-hybridized carbons (Fsp3) is 0.562. The molecule has 0 N–H and O–H groups in total. The zero-order valence-electron chi connectivity index (χ0n) is 12.1. The highest BCUT2D eigenvalue weighted by molar-refractivity contribution is 7.91. The maximum atomic E-state index is 12.4. The summed E-state index contributed by atoms with van der Waals surface area (Å²) in [5.41, 5.74) is 2.18. The Morgan fingerprint density at radius 1 is 1.25 bits per heavy atom. The third kappa shape index (κ3) is 3.69. The van der Waals surface area contributed by atoms with Gasteiger partial charge in [0.05, 0.1) is 5.25 Å². The Morgan fingerprint density at radius 2 is 1.95 bits per heavy atom.